The summed E-state index contributed by atoms with van der Waals surface area (Å²) in [5, 5.41) is 9.41. The summed E-state index contributed by atoms with van der Waals surface area (Å²) in [6.07, 6.45) is -2.17. The molecule has 0 saturated carbocycles. The molecule has 0 amide bonds. The molecule has 22 heavy (non-hydrogen) atoms. The molecule has 2 heterocycles. The third-order valence-corrected chi connectivity index (χ3v) is 5.67. The van der Waals surface area contributed by atoms with Gasteiger partial charge in [-0.2, -0.15) is 0 Å². The first-order chi connectivity index (χ1) is 10.3. The maximum absolute atomic E-state index is 12.5. The van der Waals surface area contributed by atoms with Gasteiger partial charge in [0, 0.05) is 0 Å². The third-order valence-electron chi connectivity index (χ3n) is 3.91. The number of sulfone groups is 1. The number of fused-ring (bicyclic) bond motifs is 1. The van der Waals surface area contributed by atoms with Crippen LogP contribution in [0, 0.1) is 0 Å². The molecule has 4 atom stereocenters. The molecule has 2 saturated heterocycles. The highest BCUT2D eigenvalue weighted by atomic mass is 32.2. The lowest BCUT2D eigenvalue weighted by atomic mass is 10.1. The lowest BCUT2D eigenvalue weighted by Crippen LogP contribution is -2.34. The molecule has 2 aliphatic rings. The molecule has 6 nitrogen and oxygen atoms in total. The van der Waals surface area contributed by atoms with Crippen molar-refractivity contribution >= 4 is 9.84 Å². The highest BCUT2D eigenvalue weighted by Crippen LogP contribution is 2.39. The zero-order chi connectivity index (χ0) is 16.0. The maximum Gasteiger partial charge on any atom is 0.181 e. The molecular formula is C15H20O6S. The molecule has 0 aliphatic carbocycles. The Bertz CT molecular complexity index is 627. The molecule has 0 radical (unpaired) electrons. The van der Waals surface area contributed by atoms with Gasteiger partial charge in [0.1, 0.15) is 24.4 Å². The van der Waals surface area contributed by atoms with E-state index >= 15 is 0 Å². The van der Waals surface area contributed by atoms with Gasteiger partial charge in [-0.05, 0) is 26.0 Å². The monoisotopic (exact) mass is 328 g/mol. The van der Waals surface area contributed by atoms with E-state index in [1.165, 1.54) is 0 Å². The molecule has 1 aromatic rings. The van der Waals surface area contributed by atoms with Gasteiger partial charge in [-0.25, -0.2) is 8.42 Å². The van der Waals surface area contributed by atoms with Crippen LogP contribution >= 0.6 is 0 Å². The van der Waals surface area contributed by atoms with Gasteiger partial charge in [-0.1, -0.05) is 18.2 Å². The largest absolute Gasteiger partial charge is 0.394 e. The highest BCUT2D eigenvalue weighted by Gasteiger charge is 2.55. The average Bonchev–Trinajstić information content (AvgIpc) is 2.94. The van der Waals surface area contributed by atoms with Crippen molar-refractivity contribution in [3.05, 3.63) is 30.3 Å². The van der Waals surface area contributed by atoms with Gasteiger partial charge in [0.25, 0.3) is 0 Å². The second-order valence-electron chi connectivity index (χ2n) is 6.05. The summed E-state index contributed by atoms with van der Waals surface area (Å²) >= 11 is 0. The lowest BCUT2D eigenvalue weighted by Gasteiger charge is -2.23. The van der Waals surface area contributed by atoms with E-state index in [1.54, 1.807) is 44.2 Å². The van der Waals surface area contributed by atoms with Crippen molar-refractivity contribution in [3.63, 3.8) is 0 Å². The van der Waals surface area contributed by atoms with Crippen LogP contribution in [0.3, 0.4) is 0 Å². The summed E-state index contributed by atoms with van der Waals surface area (Å²) < 4.78 is 42.1. The topological polar surface area (TPSA) is 82.1 Å². The van der Waals surface area contributed by atoms with Crippen LogP contribution < -0.4 is 0 Å². The number of aliphatic hydroxyl groups is 1. The molecule has 1 N–H and O–H groups in total. The van der Waals surface area contributed by atoms with Crippen molar-refractivity contribution in [2.24, 2.45) is 0 Å². The standard InChI is InChI=1S/C15H20O6S/c1-15(2)20-13-11(8-16)19-12(14(13)21-15)9-22(17,18)10-6-4-3-5-7-10/h3-7,11-14,16H,8-9H2,1-2H3/t11-,12+,13-,14+/m1/s1. The van der Waals surface area contributed by atoms with Gasteiger partial charge >= 0.3 is 0 Å². The maximum atomic E-state index is 12.5. The van der Waals surface area contributed by atoms with E-state index in [1.807, 2.05) is 0 Å². The molecule has 0 bridgehead atoms. The Kier molecular flexibility index (Phi) is 4.03. The average molecular weight is 328 g/mol. The van der Waals surface area contributed by atoms with E-state index in [9.17, 15) is 13.5 Å². The first-order valence-electron chi connectivity index (χ1n) is 7.22. The van der Waals surface area contributed by atoms with Crippen molar-refractivity contribution in [2.45, 2.75) is 48.9 Å². The Labute approximate surface area is 129 Å². The molecule has 7 heteroatoms. The van der Waals surface area contributed by atoms with Gasteiger partial charge in [0.05, 0.1) is 17.3 Å². The number of ether oxygens (including phenoxy) is 3. The minimum absolute atomic E-state index is 0.200. The Hall–Kier alpha value is -0.990. The Morgan fingerprint density at radius 1 is 1.09 bits per heavy atom. The quantitative estimate of drug-likeness (QED) is 0.878. The Morgan fingerprint density at radius 3 is 2.27 bits per heavy atom. The molecule has 0 spiro atoms. The SMILES string of the molecule is CC1(C)O[C@@H]2[C@H](O1)[C@@H](CO)O[C@H]2CS(=O)(=O)c1ccccc1. The third kappa shape index (κ3) is 2.91. The van der Waals surface area contributed by atoms with Crippen molar-refractivity contribution in [1.82, 2.24) is 0 Å². The van der Waals surface area contributed by atoms with Crippen LogP contribution in [0.25, 0.3) is 0 Å². The van der Waals surface area contributed by atoms with E-state index in [4.69, 9.17) is 14.2 Å². The van der Waals surface area contributed by atoms with E-state index < -0.39 is 40.0 Å². The predicted molar refractivity (Wildman–Crippen MR) is 78.1 cm³/mol. The highest BCUT2D eigenvalue weighted by molar-refractivity contribution is 7.91. The Morgan fingerprint density at radius 2 is 1.68 bits per heavy atom. The summed E-state index contributed by atoms with van der Waals surface area (Å²) in [5.41, 5.74) is 0. The van der Waals surface area contributed by atoms with Crippen LogP contribution in [0.4, 0.5) is 0 Å². The summed E-state index contributed by atoms with van der Waals surface area (Å²) in [5.74, 6) is -1.00. The van der Waals surface area contributed by atoms with Crippen LogP contribution in [-0.4, -0.2) is 56.1 Å². The van der Waals surface area contributed by atoms with Crippen LogP contribution in [0.1, 0.15) is 13.8 Å². The van der Waals surface area contributed by atoms with Gasteiger partial charge in [-0.3, -0.25) is 0 Å². The van der Waals surface area contributed by atoms with Crippen molar-refractivity contribution in [1.29, 1.82) is 0 Å². The second kappa shape index (κ2) is 5.58. The fourth-order valence-corrected chi connectivity index (χ4v) is 4.46. The normalized spacial score (nSPS) is 33.8. The molecule has 2 fully saturated rings. The molecule has 0 unspecified atom stereocenters. The number of rotatable bonds is 4. The smallest absolute Gasteiger partial charge is 0.181 e. The number of hydrogen-bond acceptors (Lipinski definition) is 6. The molecule has 3 rings (SSSR count). The van der Waals surface area contributed by atoms with Gasteiger partial charge in [0.2, 0.25) is 0 Å². The van der Waals surface area contributed by atoms with E-state index in [0.29, 0.717) is 0 Å². The zero-order valence-corrected chi connectivity index (χ0v) is 13.3. The second-order valence-corrected chi connectivity index (χ2v) is 8.09. The van der Waals surface area contributed by atoms with Crippen molar-refractivity contribution < 1.29 is 27.7 Å². The van der Waals surface area contributed by atoms with Crippen LogP contribution in [0.2, 0.25) is 0 Å². The number of aliphatic hydroxyl groups excluding tert-OH is 1. The fraction of sp³-hybridized carbons (Fsp3) is 0.600. The van der Waals surface area contributed by atoms with Crippen LogP contribution in [0.15, 0.2) is 35.2 Å². The van der Waals surface area contributed by atoms with E-state index in [2.05, 4.69) is 0 Å². The summed E-state index contributed by atoms with van der Waals surface area (Å²) in [4.78, 5) is 0.251. The summed E-state index contributed by atoms with van der Waals surface area (Å²) in [6.45, 7) is 3.30. The van der Waals surface area contributed by atoms with Gasteiger partial charge in [-0.15, -0.1) is 0 Å². The first-order valence-corrected chi connectivity index (χ1v) is 8.87. The number of hydrogen-bond donors (Lipinski definition) is 1. The van der Waals surface area contributed by atoms with Crippen molar-refractivity contribution in [2.75, 3.05) is 12.4 Å². The molecule has 2 aliphatic heterocycles. The molecule has 0 aromatic heterocycles. The number of benzene rings is 1. The molecule has 1 aromatic carbocycles. The predicted octanol–water partition coefficient (Wildman–Crippen LogP) is 0.740. The van der Waals surface area contributed by atoms with Crippen molar-refractivity contribution in [3.8, 4) is 0 Å². The molecule has 122 valence electrons. The first kappa shape index (κ1) is 15.9. The summed E-state index contributed by atoms with van der Waals surface area (Å²) in [7, 11) is -3.49. The van der Waals surface area contributed by atoms with Crippen LogP contribution in [0.5, 0.6) is 0 Å². The van der Waals surface area contributed by atoms with Gasteiger partial charge in [0.15, 0.2) is 15.6 Å². The minimum Gasteiger partial charge on any atom is -0.394 e. The fourth-order valence-electron chi connectivity index (χ4n) is 2.99. The Balaban J connectivity index is 1.81. The van der Waals surface area contributed by atoms with Gasteiger partial charge < -0.3 is 19.3 Å². The molecular weight excluding hydrogens is 308 g/mol. The minimum atomic E-state index is -3.49. The summed E-state index contributed by atoms with van der Waals surface area (Å²) in [6, 6.07) is 8.24. The van der Waals surface area contributed by atoms with E-state index in [-0.39, 0.29) is 17.3 Å². The van der Waals surface area contributed by atoms with Crippen LogP contribution in [-0.2, 0) is 24.0 Å². The lowest BCUT2D eigenvalue weighted by molar-refractivity contribution is -0.187. The zero-order valence-electron chi connectivity index (χ0n) is 12.5. The van der Waals surface area contributed by atoms with E-state index in [0.717, 1.165) is 0 Å².